The Kier molecular flexibility index (Phi) is 7.47. The second kappa shape index (κ2) is 9.82. The first-order valence-corrected chi connectivity index (χ1v) is 9.36. The van der Waals surface area contributed by atoms with Gasteiger partial charge in [-0.3, -0.25) is 9.00 Å². The van der Waals surface area contributed by atoms with Crippen molar-refractivity contribution in [2.75, 3.05) is 33.6 Å². The van der Waals surface area contributed by atoms with Crippen LogP contribution in [-0.4, -0.2) is 49.1 Å². The SMILES string of the molecule is COc1cc(CN(C=O)CCS(=O)c2ccccc2)cc(OC)c1OC. The van der Waals surface area contributed by atoms with Crippen molar-refractivity contribution in [1.29, 1.82) is 0 Å². The molecule has 7 heteroatoms. The van der Waals surface area contributed by atoms with Crippen LogP contribution in [0.5, 0.6) is 17.2 Å². The monoisotopic (exact) mass is 377 g/mol. The first kappa shape index (κ1) is 19.8. The maximum Gasteiger partial charge on any atom is 0.210 e. The summed E-state index contributed by atoms with van der Waals surface area (Å²) in [6.45, 7) is 0.730. The number of rotatable bonds is 10. The van der Waals surface area contributed by atoms with Gasteiger partial charge in [-0.1, -0.05) is 18.2 Å². The number of hydrogen-bond donors (Lipinski definition) is 0. The van der Waals surface area contributed by atoms with Crippen LogP contribution < -0.4 is 14.2 Å². The van der Waals surface area contributed by atoms with Gasteiger partial charge in [0.25, 0.3) is 0 Å². The Hall–Kier alpha value is -2.54. The average Bonchev–Trinajstić information content (AvgIpc) is 2.70. The molecule has 1 amide bonds. The van der Waals surface area contributed by atoms with Crippen LogP contribution in [0.3, 0.4) is 0 Å². The Bertz CT molecular complexity index is 726. The molecule has 0 aliphatic rings. The van der Waals surface area contributed by atoms with Gasteiger partial charge in [-0.2, -0.15) is 0 Å². The third-order valence-corrected chi connectivity index (χ3v) is 5.18. The van der Waals surface area contributed by atoms with Crippen molar-refractivity contribution in [2.24, 2.45) is 0 Å². The molecule has 0 heterocycles. The second-order valence-corrected chi connectivity index (χ2v) is 7.04. The van der Waals surface area contributed by atoms with Crippen LogP contribution in [0.4, 0.5) is 0 Å². The van der Waals surface area contributed by atoms with E-state index in [1.165, 1.54) is 7.11 Å². The molecule has 140 valence electrons. The number of carbonyl (C=O) groups is 1. The highest BCUT2D eigenvalue weighted by atomic mass is 32.2. The van der Waals surface area contributed by atoms with Gasteiger partial charge in [-0.05, 0) is 29.8 Å². The van der Waals surface area contributed by atoms with Crippen LogP contribution in [0.15, 0.2) is 47.4 Å². The summed E-state index contributed by atoms with van der Waals surface area (Å²) in [4.78, 5) is 13.8. The molecule has 6 nitrogen and oxygen atoms in total. The maximum atomic E-state index is 12.3. The van der Waals surface area contributed by atoms with Gasteiger partial charge in [0.1, 0.15) is 0 Å². The number of hydrogen-bond acceptors (Lipinski definition) is 5. The third kappa shape index (κ3) is 4.98. The predicted molar refractivity (Wildman–Crippen MR) is 100 cm³/mol. The highest BCUT2D eigenvalue weighted by Gasteiger charge is 2.15. The maximum absolute atomic E-state index is 12.3. The lowest BCUT2D eigenvalue weighted by atomic mass is 10.1. The lowest BCUT2D eigenvalue weighted by Gasteiger charge is -2.19. The molecule has 0 saturated heterocycles. The second-order valence-electron chi connectivity index (χ2n) is 5.47. The van der Waals surface area contributed by atoms with E-state index in [-0.39, 0.29) is 0 Å². The van der Waals surface area contributed by atoms with E-state index in [9.17, 15) is 9.00 Å². The van der Waals surface area contributed by atoms with Crippen molar-refractivity contribution in [3.05, 3.63) is 48.0 Å². The Balaban J connectivity index is 2.07. The third-order valence-electron chi connectivity index (χ3n) is 3.83. The number of methoxy groups -OCH3 is 3. The molecule has 2 aromatic carbocycles. The van der Waals surface area contributed by atoms with Gasteiger partial charge >= 0.3 is 0 Å². The van der Waals surface area contributed by atoms with Crippen molar-refractivity contribution < 1.29 is 23.2 Å². The number of ether oxygens (including phenoxy) is 3. The van der Waals surface area contributed by atoms with Gasteiger partial charge in [-0.25, -0.2) is 0 Å². The van der Waals surface area contributed by atoms with E-state index in [0.29, 0.717) is 36.1 Å². The molecule has 0 radical (unpaired) electrons. The first-order valence-electron chi connectivity index (χ1n) is 8.04. The first-order chi connectivity index (χ1) is 12.6. The van der Waals surface area contributed by atoms with Crippen LogP contribution in [0.1, 0.15) is 5.56 Å². The lowest BCUT2D eigenvalue weighted by molar-refractivity contribution is -0.118. The van der Waals surface area contributed by atoms with Crippen molar-refractivity contribution in [1.82, 2.24) is 4.90 Å². The Labute approximate surface area is 156 Å². The normalized spacial score (nSPS) is 11.5. The summed E-state index contributed by atoms with van der Waals surface area (Å²) in [5.41, 5.74) is 0.831. The quantitative estimate of drug-likeness (QED) is 0.595. The summed E-state index contributed by atoms with van der Waals surface area (Å²) in [6.07, 6.45) is 0.755. The number of benzene rings is 2. The van der Waals surface area contributed by atoms with E-state index in [0.717, 1.165) is 16.9 Å². The molecular formula is C19H23NO5S. The fourth-order valence-electron chi connectivity index (χ4n) is 2.52. The Morgan fingerprint density at radius 1 is 1.00 bits per heavy atom. The van der Waals surface area contributed by atoms with E-state index < -0.39 is 10.8 Å². The topological polar surface area (TPSA) is 65.1 Å². The molecule has 1 atom stereocenters. The molecule has 0 aromatic heterocycles. The molecule has 0 N–H and O–H groups in total. The molecular weight excluding hydrogens is 354 g/mol. The van der Waals surface area contributed by atoms with Crippen LogP contribution in [0.25, 0.3) is 0 Å². The lowest BCUT2D eigenvalue weighted by Crippen LogP contribution is -2.26. The highest BCUT2D eigenvalue weighted by molar-refractivity contribution is 7.85. The van der Waals surface area contributed by atoms with E-state index in [1.54, 1.807) is 31.3 Å². The van der Waals surface area contributed by atoms with Crippen molar-refractivity contribution in [3.8, 4) is 17.2 Å². The fraction of sp³-hybridized carbons (Fsp3) is 0.316. The number of carbonyl (C=O) groups excluding carboxylic acids is 1. The number of amides is 1. The summed E-state index contributed by atoms with van der Waals surface area (Å²) in [5, 5.41) is 0. The van der Waals surface area contributed by atoms with E-state index in [2.05, 4.69) is 0 Å². The summed E-state index contributed by atoms with van der Waals surface area (Å²) < 4.78 is 28.3. The van der Waals surface area contributed by atoms with Crippen LogP contribution in [0.2, 0.25) is 0 Å². The fourth-order valence-corrected chi connectivity index (χ4v) is 3.62. The largest absolute Gasteiger partial charge is 0.493 e. The standard InChI is InChI=1S/C19H23NO5S/c1-23-17-11-15(12-18(24-2)19(17)25-3)13-20(14-21)9-10-26(22)16-7-5-4-6-8-16/h4-8,11-12,14H,9-10,13H2,1-3H3. The van der Waals surface area contributed by atoms with Gasteiger partial charge in [-0.15, -0.1) is 0 Å². The minimum atomic E-state index is -1.15. The Morgan fingerprint density at radius 3 is 2.12 bits per heavy atom. The van der Waals surface area contributed by atoms with Gasteiger partial charge in [0.15, 0.2) is 11.5 Å². The zero-order chi connectivity index (χ0) is 18.9. The smallest absolute Gasteiger partial charge is 0.210 e. The van der Waals surface area contributed by atoms with Crippen LogP contribution in [0, 0.1) is 0 Å². The molecule has 26 heavy (non-hydrogen) atoms. The van der Waals surface area contributed by atoms with Crippen molar-refractivity contribution in [3.63, 3.8) is 0 Å². The minimum Gasteiger partial charge on any atom is -0.493 e. The molecule has 0 aliphatic carbocycles. The molecule has 0 saturated carbocycles. The summed E-state index contributed by atoms with van der Waals surface area (Å²) in [6, 6.07) is 12.8. The van der Waals surface area contributed by atoms with Crippen LogP contribution >= 0.6 is 0 Å². The molecule has 2 aromatic rings. The van der Waals surface area contributed by atoms with Gasteiger partial charge in [0.05, 0.1) is 32.1 Å². The van der Waals surface area contributed by atoms with Gasteiger partial charge < -0.3 is 19.1 Å². The molecule has 1 unspecified atom stereocenters. The summed E-state index contributed by atoms with van der Waals surface area (Å²) >= 11 is 0. The number of nitrogens with zero attached hydrogens (tertiary/aromatic N) is 1. The molecule has 0 aliphatic heterocycles. The molecule has 0 fully saturated rings. The summed E-state index contributed by atoms with van der Waals surface area (Å²) in [7, 11) is 3.47. The minimum absolute atomic E-state index is 0.353. The van der Waals surface area contributed by atoms with E-state index in [1.807, 2.05) is 30.3 Å². The Morgan fingerprint density at radius 2 is 1.62 bits per heavy atom. The molecule has 0 spiro atoms. The van der Waals surface area contributed by atoms with Crippen LogP contribution in [-0.2, 0) is 22.1 Å². The van der Waals surface area contributed by atoms with Gasteiger partial charge in [0, 0.05) is 23.7 Å². The molecule has 2 rings (SSSR count). The zero-order valence-electron chi connectivity index (χ0n) is 15.1. The van der Waals surface area contributed by atoms with E-state index >= 15 is 0 Å². The van der Waals surface area contributed by atoms with E-state index in [4.69, 9.17) is 14.2 Å². The van der Waals surface area contributed by atoms with Gasteiger partial charge in [0.2, 0.25) is 12.2 Å². The zero-order valence-corrected chi connectivity index (χ0v) is 16.0. The van der Waals surface area contributed by atoms with Crippen molar-refractivity contribution >= 4 is 17.2 Å². The van der Waals surface area contributed by atoms with Crippen molar-refractivity contribution in [2.45, 2.75) is 11.4 Å². The highest BCUT2D eigenvalue weighted by Crippen LogP contribution is 2.38. The molecule has 0 bridgehead atoms. The summed E-state index contributed by atoms with van der Waals surface area (Å²) in [5.74, 6) is 1.93. The predicted octanol–water partition coefficient (Wildman–Crippen LogP) is 2.48. The average molecular weight is 377 g/mol.